The Morgan fingerprint density at radius 1 is 1.47 bits per heavy atom. The topological polar surface area (TPSA) is 115 Å². The fourth-order valence-corrected chi connectivity index (χ4v) is 1.59. The standard InChI is InChI=1S/C10H14N2O4S/c11-9(5-6-10(13)14)12-7-1-3-8(4-2-7)17(15)16/h1-4,9,12H,5-6,11H2,(H,13,14)(H,15,16)/p-1. The third kappa shape index (κ3) is 4.94. The highest BCUT2D eigenvalue weighted by atomic mass is 32.2. The van der Waals surface area contributed by atoms with Crippen LogP contribution >= 0.6 is 0 Å². The number of nitrogens with two attached hydrogens (primary N) is 1. The van der Waals surface area contributed by atoms with Gasteiger partial charge < -0.3 is 20.7 Å². The van der Waals surface area contributed by atoms with Crippen molar-refractivity contribution in [2.24, 2.45) is 5.73 Å². The number of carboxylic acid groups (broad SMARTS) is 1. The molecular weight excluding hydrogens is 244 g/mol. The molecule has 1 aromatic rings. The molecule has 0 amide bonds. The van der Waals surface area contributed by atoms with Crippen molar-refractivity contribution in [3.05, 3.63) is 24.3 Å². The Balaban J connectivity index is 2.51. The summed E-state index contributed by atoms with van der Waals surface area (Å²) < 4.78 is 21.2. The van der Waals surface area contributed by atoms with E-state index in [1.807, 2.05) is 0 Å². The third-order valence-corrected chi connectivity index (χ3v) is 2.73. The van der Waals surface area contributed by atoms with Gasteiger partial charge in [-0.3, -0.25) is 9.00 Å². The largest absolute Gasteiger partial charge is 0.768 e. The summed E-state index contributed by atoms with van der Waals surface area (Å²) in [5, 5.41) is 11.4. The van der Waals surface area contributed by atoms with Gasteiger partial charge in [0.05, 0.1) is 6.17 Å². The molecule has 0 aliphatic carbocycles. The zero-order valence-electron chi connectivity index (χ0n) is 8.96. The van der Waals surface area contributed by atoms with E-state index in [-0.39, 0.29) is 11.3 Å². The SMILES string of the molecule is NC(CCC(=O)O)Nc1ccc(S(=O)[O-])cc1. The van der Waals surface area contributed by atoms with Gasteiger partial charge in [0.2, 0.25) is 0 Å². The second-order valence-electron chi connectivity index (χ2n) is 3.44. The van der Waals surface area contributed by atoms with Gasteiger partial charge in [-0.15, -0.1) is 0 Å². The van der Waals surface area contributed by atoms with Gasteiger partial charge >= 0.3 is 5.97 Å². The molecule has 1 rings (SSSR count). The average Bonchev–Trinajstić information content (AvgIpc) is 2.27. The van der Waals surface area contributed by atoms with Crippen molar-refractivity contribution in [1.29, 1.82) is 0 Å². The molecule has 0 saturated carbocycles. The van der Waals surface area contributed by atoms with Crippen molar-refractivity contribution >= 4 is 22.7 Å². The van der Waals surface area contributed by atoms with Crippen molar-refractivity contribution in [3.8, 4) is 0 Å². The minimum atomic E-state index is -2.25. The number of rotatable bonds is 6. The predicted octanol–water partition coefficient (Wildman–Crippen LogP) is 0.486. The Hall–Kier alpha value is -1.44. The van der Waals surface area contributed by atoms with E-state index in [4.69, 9.17) is 10.8 Å². The van der Waals surface area contributed by atoms with Crippen LogP contribution in [0, 0.1) is 0 Å². The molecule has 0 spiro atoms. The maximum atomic E-state index is 10.6. The number of anilines is 1. The fourth-order valence-electron chi connectivity index (χ4n) is 1.23. The summed E-state index contributed by atoms with van der Waals surface area (Å²) in [6, 6.07) is 6.03. The number of aliphatic carboxylic acids is 1. The smallest absolute Gasteiger partial charge is 0.303 e. The van der Waals surface area contributed by atoms with Crippen LogP contribution in [0.2, 0.25) is 0 Å². The lowest BCUT2D eigenvalue weighted by Crippen LogP contribution is -2.30. The van der Waals surface area contributed by atoms with Gasteiger partial charge in [0.1, 0.15) is 0 Å². The van der Waals surface area contributed by atoms with E-state index in [1.54, 1.807) is 12.1 Å². The van der Waals surface area contributed by atoms with E-state index in [1.165, 1.54) is 12.1 Å². The number of hydrogen-bond acceptors (Lipinski definition) is 5. The average molecular weight is 257 g/mol. The second-order valence-corrected chi connectivity index (χ2v) is 4.38. The van der Waals surface area contributed by atoms with E-state index in [0.717, 1.165) is 0 Å². The van der Waals surface area contributed by atoms with Crippen molar-refractivity contribution < 1.29 is 18.7 Å². The Labute approximate surface area is 101 Å². The van der Waals surface area contributed by atoms with Gasteiger partial charge in [-0.25, -0.2) is 0 Å². The van der Waals surface area contributed by atoms with Gasteiger partial charge in [0.15, 0.2) is 0 Å². The molecule has 2 atom stereocenters. The maximum absolute atomic E-state index is 10.6. The first-order valence-corrected chi connectivity index (χ1v) is 6.00. The first-order chi connectivity index (χ1) is 7.99. The molecular formula is C10H13N2O4S-. The molecule has 0 aliphatic heterocycles. The molecule has 1 aromatic carbocycles. The molecule has 7 heteroatoms. The molecule has 6 nitrogen and oxygen atoms in total. The van der Waals surface area contributed by atoms with Crippen LogP contribution in [-0.2, 0) is 15.9 Å². The van der Waals surface area contributed by atoms with Crippen molar-refractivity contribution in [2.45, 2.75) is 23.9 Å². The van der Waals surface area contributed by atoms with E-state index < -0.39 is 23.2 Å². The lowest BCUT2D eigenvalue weighted by molar-refractivity contribution is -0.137. The van der Waals surface area contributed by atoms with Gasteiger partial charge in [0, 0.05) is 17.0 Å². The minimum absolute atomic E-state index is 0.0170. The normalized spacial score (nSPS) is 14.0. The van der Waals surface area contributed by atoms with Crippen molar-refractivity contribution in [3.63, 3.8) is 0 Å². The van der Waals surface area contributed by atoms with Crippen LogP contribution in [-0.4, -0.2) is 26.0 Å². The summed E-state index contributed by atoms with van der Waals surface area (Å²) in [6.45, 7) is 0. The van der Waals surface area contributed by atoms with Crippen LogP contribution in [0.15, 0.2) is 29.2 Å². The maximum Gasteiger partial charge on any atom is 0.303 e. The van der Waals surface area contributed by atoms with Crippen molar-refractivity contribution in [2.75, 3.05) is 5.32 Å². The molecule has 0 heterocycles. The van der Waals surface area contributed by atoms with E-state index in [2.05, 4.69) is 5.32 Å². The number of nitrogens with one attached hydrogen (secondary N) is 1. The molecule has 0 radical (unpaired) electrons. The van der Waals surface area contributed by atoms with Gasteiger partial charge in [-0.2, -0.15) is 0 Å². The van der Waals surface area contributed by atoms with E-state index in [9.17, 15) is 13.6 Å². The predicted molar refractivity (Wildman–Crippen MR) is 62.1 cm³/mol. The Kier molecular flexibility index (Phi) is 5.08. The fraction of sp³-hybridized carbons (Fsp3) is 0.300. The van der Waals surface area contributed by atoms with Gasteiger partial charge in [0.25, 0.3) is 0 Å². The summed E-state index contributed by atoms with van der Waals surface area (Å²) in [6.07, 6.45) is -0.198. The monoisotopic (exact) mass is 257 g/mol. The molecule has 0 saturated heterocycles. The lowest BCUT2D eigenvalue weighted by Gasteiger charge is -2.14. The lowest BCUT2D eigenvalue weighted by atomic mass is 10.2. The van der Waals surface area contributed by atoms with Crippen LogP contribution in [0.4, 0.5) is 5.69 Å². The third-order valence-electron chi connectivity index (χ3n) is 2.07. The summed E-state index contributed by atoms with van der Waals surface area (Å²) in [4.78, 5) is 10.5. The summed E-state index contributed by atoms with van der Waals surface area (Å²) in [7, 11) is 0. The molecule has 0 aliphatic rings. The molecule has 94 valence electrons. The molecule has 17 heavy (non-hydrogen) atoms. The van der Waals surface area contributed by atoms with Crippen LogP contribution in [0.5, 0.6) is 0 Å². The van der Waals surface area contributed by atoms with Gasteiger partial charge in [-0.05, 0) is 41.8 Å². The number of hydrogen-bond donors (Lipinski definition) is 3. The Morgan fingerprint density at radius 2 is 2.06 bits per heavy atom. The highest BCUT2D eigenvalue weighted by Gasteiger charge is 2.05. The van der Waals surface area contributed by atoms with Crippen LogP contribution < -0.4 is 11.1 Å². The van der Waals surface area contributed by atoms with Crippen LogP contribution in [0.25, 0.3) is 0 Å². The number of carbonyl (C=O) groups is 1. The first kappa shape index (κ1) is 13.6. The van der Waals surface area contributed by atoms with Gasteiger partial charge in [-0.1, -0.05) is 0 Å². The summed E-state index contributed by atoms with van der Waals surface area (Å²) in [5.74, 6) is -0.903. The second kappa shape index (κ2) is 6.33. The highest BCUT2D eigenvalue weighted by Crippen LogP contribution is 2.12. The Bertz CT molecular complexity index is 407. The van der Waals surface area contributed by atoms with E-state index >= 15 is 0 Å². The molecule has 4 N–H and O–H groups in total. The quantitative estimate of drug-likeness (QED) is 0.504. The molecule has 0 fully saturated rings. The van der Waals surface area contributed by atoms with Crippen LogP contribution in [0.1, 0.15) is 12.8 Å². The van der Waals surface area contributed by atoms with Crippen LogP contribution in [0.3, 0.4) is 0 Å². The number of carboxylic acids is 1. The summed E-state index contributed by atoms with van der Waals surface area (Å²) >= 11 is -2.25. The first-order valence-electron chi connectivity index (χ1n) is 4.92. The summed E-state index contributed by atoms with van der Waals surface area (Å²) in [5.41, 5.74) is 6.31. The molecule has 2 unspecified atom stereocenters. The number of benzene rings is 1. The highest BCUT2D eigenvalue weighted by molar-refractivity contribution is 7.79. The minimum Gasteiger partial charge on any atom is -0.768 e. The zero-order chi connectivity index (χ0) is 12.8. The molecule has 0 aromatic heterocycles. The van der Waals surface area contributed by atoms with Crippen molar-refractivity contribution in [1.82, 2.24) is 0 Å². The zero-order valence-corrected chi connectivity index (χ0v) is 9.78. The Morgan fingerprint density at radius 3 is 2.53 bits per heavy atom. The molecule has 0 bridgehead atoms. The van der Waals surface area contributed by atoms with E-state index in [0.29, 0.717) is 12.1 Å².